The van der Waals surface area contributed by atoms with Crippen LogP contribution in [0, 0.1) is 0 Å². The fraction of sp³-hybridized carbons (Fsp3) is 0.500. The van der Waals surface area contributed by atoms with Crippen molar-refractivity contribution >= 4 is 17.7 Å². The molecule has 1 aromatic carbocycles. The van der Waals surface area contributed by atoms with E-state index < -0.39 is 11.8 Å². The highest BCUT2D eigenvalue weighted by atomic mass is 16.6. The predicted molar refractivity (Wildman–Crippen MR) is 85.5 cm³/mol. The Labute approximate surface area is 140 Å². The number of piperidine rings is 1. The van der Waals surface area contributed by atoms with E-state index in [0.717, 1.165) is 12.0 Å². The van der Waals surface area contributed by atoms with Crippen LogP contribution in [0.4, 0.5) is 0 Å². The quantitative estimate of drug-likeness (QED) is 0.678. The fourth-order valence-electron chi connectivity index (χ4n) is 3.67. The summed E-state index contributed by atoms with van der Waals surface area (Å²) in [6.07, 6.45) is 1.70. The largest absolute Gasteiger partial charge is 0.346 e. The Morgan fingerprint density at radius 2 is 2.00 bits per heavy atom. The summed E-state index contributed by atoms with van der Waals surface area (Å²) in [5.41, 5.74) is 1.10. The third kappa shape index (κ3) is 2.09. The van der Waals surface area contributed by atoms with E-state index in [0.29, 0.717) is 36.5 Å². The van der Waals surface area contributed by atoms with Crippen LogP contribution in [-0.4, -0.2) is 41.0 Å². The van der Waals surface area contributed by atoms with Crippen LogP contribution in [0.3, 0.4) is 0 Å². The number of nitrogens with one attached hydrogen (secondary N) is 1. The molecule has 24 heavy (non-hydrogen) atoms. The zero-order valence-corrected chi connectivity index (χ0v) is 13.8. The van der Waals surface area contributed by atoms with Crippen molar-refractivity contribution in [3.8, 4) is 0 Å². The molecular formula is C18H20N2O4. The monoisotopic (exact) mass is 328 g/mol. The van der Waals surface area contributed by atoms with Crippen LogP contribution in [0.25, 0.3) is 0 Å². The lowest BCUT2D eigenvalue weighted by atomic mass is 9.95. The van der Waals surface area contributed by atoms with E-state index in [1.807, 2.05) is 12.1 Å². The Kier molecular flexibility index (Phi) is 3.28. The lowest BCUT2D eigenvalue weighted by Gasteiger charge is -2.34. The highest BCUT2D eigenvalue weighted by Gasteiger charge is 2.60. The van der Waals surface area contributed by atoms with E-state index in [9.17, 15) is 14.4 Å². The van der Waals surface area contributed by atoms with E-state index in [1.54, 1.807) is 6.07 Å². The van der Waals surface area contributed by atoms with Gasteiger partial charge in [0.15, 0.2) is 5.72 Å². The number of amides is 3. The molecule has 3 aliphatic heterocycles. The van der Waals surface area contributed by atoms with Crippen LogP contribution in [0.15, 0.2) is 18.2 Å². The van der Waals surface area contributed by atoms with Crippen molar-refractivity contribution in [2.24, 2.45) is 0 Å². The molecule has 1 spiro atoms. The lowest BCUT2D eigenvalue weighted by Crippen LogP contribution is -2.59. The maximum absolute atomic E-state index is 12.9. The zero-order chi connectivity index (χ0) is 17.1. The van der Waals surface area contributed by atoms with Crippen molar-refractivity contribution in [2.45, 2.75) is 50.8 Å². The summed E-state index contributed by atoms with van der Waals surface area (Å²) >= 11 is 0. The van der Waals surface area contributed by atoms with E-state index in [4.69, 9.17) is 4.74 Å². The minimum atomic E-state index is -0.873. The highest BCUT2D eigenvalue weighted by Crippen LogP contribution is 2.40. The van der Waals surface area contributed by atoms with Crippen molar-refractivity contribution in [2.75, 3.05) is 6.61 Å². The lowest BCUT2D eigenvalue weighted by molar-refractivity contribution is -0.126. The van der Waals surface area contributed by atoms with Gasteiger partial charge in [0.1, 0.15) is 0 Å². The van der Waals surface area contributed by atoms with Gasteiger partial charge >= 0.3 is 0 Å². The summed E-state index contributed by atoms with van der Waals surface area (Å²) in [7, 11) is 0. The number of ether oxygens (including phenoxy) is 1. The number of hydrogen-bond donors (Lipinski definition) is 1. The van der Waals surface area contributed by atoms with Gasteiger partial charge in [-0.1, -0.05) is 19.9 Å². The molecule has 3 atom stereocenters. The fourth-order valence-corrected chi connectivity index (χ4v) is 3.67. The second-order valence-electron chi connectivity index (χ2n) is 6.88. The van der Waals surface area contributed by atoms with Crippen LogP contribution >= 0.6 is 0 Å². The molecule has 126 valence electrons. The first-order chi connectivity index (χ1) is 11.5. The van der Waals surface area contributed by atoms with Crippen molar-refractivity contribution in [1.29, 1.82) is 0 Å². The van der Waals surface area contributed by atoms with Gasteiger partial charge in [0, 0.05) is 6.42 Å². The SMILES string of the molecule is CCC(C)c1ccc2c(c1)C(=O)N(C1CCC(=O)NC13CO3)C2=O. The van der Waals surface area contributed by atoms with Gasteiger partial charge in [-0.15, -0.1) is 0 Å². The summed E-state index contributed by atoms with van der Waals surface area (Å²) in [6.45, 7) is 4.54. The van der Waals surface area contributed by atoms with Gasteiger partial charge in [-0.05, 0) is 36.5 Å². The molecule has 3 amide bonds. The topological polar surface area (TPSA) is 79.0 Å². The van der Waals surface area contributed by atoms with Crippen LogP contribution in [-0.2, 0) is 9.53 Å². The number of hydrogen-bond acceptors (Lipinski definition) is 4. The van der Waals surface area contributed by atoms with Crippen LogP contribution < -0.4 is 5.32 Å². The third-order valence-electron chi connectivity index (χ3n) is 5.42. The summed E-state index contributed by atoms with van der Waals surface area (Å²) in [5, 5.41) is 2.79. The van der Waals surface area contributed by atoms with E-state index >= 15 is 0 Å². The van der Waals surface area contributed by atoms with Crippen molar-refractivity contribution in [3.63, 3.8) is 0 Å². The molecule has 2 fully saturated rings. The van der Waals surface area contributed by atoms with E-state index in [2.05, 4.69) is 19.2 Å². The second-order valence-corrected chi connectivity index (χ2v) is 6.88. The molecule has 3 aliphatic rings. The molecule has 1 N–H and O–H groups in total. The van der Waals surface area contributed by atoms with Gasteiger partial charge < -0.3 is 10.1 Å². The number of carbonyl (C=O) groups excluding carboxylic acids is 3. The molecule has 1 aromatic rings. The van der Waals surface area contributed by atoms with Gasteiger partial charge in [-0.2, -0.15) is 0 Å². The highest BCUT2D eigenvalue weighted by molar-refractivity contribution is 6.21. The minimum Gasteiger partial charge on any atom is -0.346 e. The third-order valence-corrected chi connectivity index (χ3v) is 5.42. The van der Waals surface area contributed by atoms with Crippen molar-refractivity contribution < 1.29 is 19.1 Å². The normalized spacial score (nSPS) is 29.7. The number of nitrogens with zero attached hydrogens (tertiary/aromatic N) is 1. The van der Waals surface area contributed by atoms with E-state index in [-0.39, 0.29) is 17.7 Å². The molecule has 3 unspecified atom stereocenters. The zero-order valence-electron chi connectivity index (χ0n) is 13.8. The Balaban J connectivity index is 1.68. The molecule has 4 rings (SSSR count). The Hall–Kier alpha value is -2.21. The molecule has 0 bridgehead atoms. The summed E-state index contributed by atoms with van der Waals surface area (Å²) < 4.78 is 5.43. The number of fused-ring (bicyclic) bond motifs is 1. The smallest absolute Gasteiger partial charge is 0.261 e. The minimum absolute atomic E-state index is 0.0978. The second kappa shape index (κ2) is 5.14. The van der Waals surface area contributed by atoms with Crippen molar-refractivity contribution in [1.82, 2.24) is 10.2 Å². The molecule has 0 radical (unpaired) electrons. The van der Waals surface area contributed by atoms with Crippen molar-refractivity contribution in [3.05, 3.63) is 34.9 Å². The standard InChI is InChI=1S/C18H20N2O4/c1-3-10(2)11-4-5-12-13(8-11)17(23)20(16(12)22)14-6-7-15(21)19-18(14)9-24-18/h4-5,8,10,14H,3,6-7,9H2,1-2H3,(H,19,21). The van der Waals surface area contributed by atoms with Gasteiger partial charge in [0.05, 0.1) is 23.8 Å². The number of rotatable bonds is 3. The molecular weight excluding hydrogens is 308 g/mol. The van der Waals surface area contributed by atoms with Crippen LogP contribution in [0.5, 0.6) is 0 Å². The molecule has 6 nitrogen and oxygen atoms in total. The number of epoxide rings is 1. The number of carbonyl (C=O) groups is 3. The van der Waals surface area contributed by atoms with E-state index in [1.165, 1.54) is 4.90 Å². The number of imide groups is 1. The Morgan fingerprint density at radius 3 is 2.67 bits per heavy atom. The summed E-state index contributed by atoms with van der Waals surface area (Å²) in [4.78, 5) is 38.6. The molecule has 0 saturated carbocycles. The summed E-state index contributed by atoms with van der Waals surface area (Å²) in [6, 6.07) is 5.08. The first-order valence-electron chi connectivity index (χ1n) is 8.43. The average molecular weight is 328 g/mol. The molecule has 3 heterocycles. The predicted octanol–water partition coefficient (Wildman–Crippen LogP) is 1.80. The molecule has 0 aliphatic carbocycles. The Bertz CT molecular complexity index is 753. The molecule has 6 heteroatoms. The maximum atomic E-state index is 12.9. The number of benzene rings is 1. The first-order valence-corrected chi connectivity index (χ1v) is 8.43. The van der Waals surface area contributed by atoms with Gasteiger partial charge in [-0.25, -0.2) is 0 Å². The summed E-state index contributed by atoms with van der Waals surface area (Å²) in [5.74, 6) is -0.336. The first kappa shape index (κ1) is 15.3. The van der Waals surface area contributed by atoms with Gasteiger partial charge in [-0.3, -0.25) is 19.3 Å². The average Bonchev–Trinajstić information content (AvgIpc) is 3.29. The van der Waals surface area contributed by atoms with Gasteiger partial charge in [0.2, 0.25) is 5.91 Å². The van der Waals surface area contributed by atoms with Crippen LogP contribution in [0.1, 0.15) is 65.3 Å². The Morgan fingerprint density at radius 1 is 1.29 bits per heavy atom. The molecule has 0 aromatic heterocycles. The van der Waals surface area contributed by atoms with Gasteiger partial charge in [0.25, 0.3) is 11.8 Å². The maximum Gasteiger partial charge on any atom is 0.261 e. The van der Waals surface area contributed by atoms with Crippen LogP contribution in [0.2, 0.25) is 0 Å². The molecule has 2 saturated heterocycles.